The fourth-order valence-electron chi connectivity index (χ4n) is 2.62. The van der Waals surface area contributed by atoms with Crippen molar-refractivity contribution < 1.29 is 9.53 Å². The van der Waals surface area contributed by atoms with Gasteiger partial charge in [-0.15, -0.1) is 0 Å². The number of carbonyl (C=O) groups is 1. The topological polar surface area (TPSA) is 55.6 Å². The Morgan fingerprint density at radius 1 is 1.33 bits per heavy atom. The molecule has 0 saturated carbocycles. The number of carbonyl (C=O) groups excluding carboxylic acids is 1. The number of anilines is 1. The molecule has 1 aliphatic heterocycles. The van der Waals surface area contributed by atoms with E-state index in [9.17, 15) is 4.79 Å². The maximum atomic E-state index is 12.6. The van der Waals surface area contributed by atoms with Crippen molar-refractivity contribution in [3.05, 3.63) is 23.8 Å². The summed E-state index contributed by atoms with van der Waals surface area (Å²) in [6.07, 6.45) is 1.18. The van der Waals surface area contributed by atoms with E-state index in [1.165, 1.54) is 0 Å². The van der Waals surface area contributed by atoms with Gasteiger partial charge in [-0.2, -0.15) is 0 Å². The number of nitrogens with zero attached hydrogens (tertiary/aromatic N) is 1. The van der Waals surface area contributed by atoms with Crippen molar-refractivity contribution in [1.82, 2.24) is 0 Å². The van der Waals surface area contributed by atoms with Crippen molar-refractivity contribution >= 4 is 11.6 Å². The highest BCUT2D eigenvalue weighted by Crippen LogP contribution is 2.37. The standard InChI is InChI=1S/C17H26N2O2/c1-5-13(18)12-7-8-16-14(9-12)19(10-11(3)4)17(20)15(6-2)21-16/h7-9,11,13,15H,5-6,10,18H2,1-4H3. The van der Waals surface area contributed by atoms with Crippen LogP contribution < -0.4 is 15.4 Å². The van der Waals surface area contributed by atoms with E-state index >= 15 is 0 Å². The van der Waals surface area contributed by atoms with Crippen LogP contribution in [-0.2, 0) is 4.79 Å². The zero-order valence-corrected chi connectivity index (χ0v) is 13.4. The highest BCUT2D eigenvalue weighted by atomic mass is 16.5. The first-order chi connectivity index (χ1) is 9.97. The van der Waals surface area contributed by atoms with E-state index in [1.807, 2.05) is 30.0 Å². The van der Waals surface area contributed by atoms with Gasteiger partial charge in [0.1, 0.15) is 5.75 Å². The number of hydrogen-bond donors (Lipinski definition) is 1. The molecule has 1 aromatic rings. The van der Waals surface area contributed by atoms with Crippen LogP contribution in [0.2, 0.25) is 0 Å². The fourth-order valence-corrected chi connectivity index (χ4v) is 2.62. The molecule has 0 radical (unpaired) electrons. The van der Waals surface area contributed by atoms with Gasteiger partial charge in [-0.1, -0.05) is 33.8 Å². The van der Waals surface area contributed by atoms with Crippen LogP contribution in [0.15, 0.2) is 18.2 Å². The SMILES string of the molecule is CCC1Oc2ccc(C(N)CC)cc2N(CC(C)C)C1=O. The minimum absolute atomic E-state index is 0.00444. The van der Waals surface area contributed by atoms with Crippen LogP contribution in [0, 0.1) is 5.92 Å². The zero-order chi connectivity index (χ0) is 15.6. The molecule has 4 nitrogen and oxygen atoms in total. The molecule has 2 unspecified atom stereocenters. The van der Waals surface area contributed by atoms with Crippen molar-refractivity contribution in [3.8, 4) is 5.75 Å². The zero-order valence-electron chi connectivity index (χ0n) is 13.4. The van der Waals surface area contributed by atoms with Gasteiger partial charge in [0.15, 0.2) is 6.10 Å². The van der Waals surface area contributed by atoms with Crippen molar-refractivity contribution in [3.63, 3.8) is 0 Å². The van der Waals surface area contributed by atoms with Crippen molar-refractivity contribution in [2.75, 3.05) is 11.4 Å². The summed E-state index contributed by atoms with van der Waals surface area (Å²) in [6, 6.07) is 5.96. The molecule has 2 N–H and O–H groups in total. The van der Waals surface area contributed by atoms with E-state index < -0.39 is 0 Å². The van der Waals surface area contributed by atoms with Crippen LogP contribution in [-0.4, -0.2) is 18.6 Å². The summed E-state index contributed by atoms with van der Waals surface area (Å²) in [7, 11) is 0. The Morgan fingerprint density at radius 3 is 2.62 bits per heavy atom. The molecule has 0 fully saturated rings. The lowest BCUT2D eigenvalue weighted by Gasteiger charge is -2.35. The Hall–Kier alpha value is -1.55. The van der Waals surface area contributed by atoms with Gasteiger partial charge in [0.05, 0.1) is 5.69 Å². The Kier molecular flexibility index (Phi) is 4.88. The first-order valence-electron chi connectivity index (χ1n) is 7.85. The van der Waals surface area contributed by atoms with Crippen LogP contribution >= 0.6 is 0 Å². The van der Waals surface area contributed by atoms with Crippen molar-refractivity contribution in [1.29, 1.82) is 0 Å². The average Bonchev–Trinajstić information content (AvgIpc) is 2.48. The first kappa shape index (κ1) is 15.8. The molecular formula is C17H26N2O2. The molecular weight excluding hydrogens is 264 g/mol. The molecule has 21 heavy (non-hydrogen) atoms. The lowest BCUT2D eigenvalue weighted by atomic mass is 10.0. The summed E-state index contributed by atoms with van der Waals surface area (Å²) in [5.41, 5.74) is 8.03. The molecule has 0 bridgehead atoms. The summed E-state index contributed by atoms with van der Waals surface area (Å²) >= 11 is 0. The van der Waals surface area contributed by atoms with E-state index in [0.29, 0.717) is 18.9 Å². The largest absolute Gasteiger partial charge is 0.478 e. The van der Waals surface area contributed by atoms with Crippen LogP contribution in [0.4, 0.5) is 5.69 Å². The minimum atomic E-state index is -0.373. The number of fused-ring (bicyclic) bond motifs is 1. The molecule has 1 aliphatic rings. The number of benzene rings is 1. The van der Waals surface area contributed by atoms with Crippen molar-refractivity contribution in [2.24, 2.45) is 11.7 Å². The Labute approximate surface area is 127 Å². The predicted octanol–water partition coefficient (Wildman–Crippen LogP) is 3.26. The summed E-state index contributed by atoms with van der Waals surface area (Å²) in [6.45, 7) is 8.97. The molecule has 116 valence electrons. The van der Waals surface area contributed by atoms with Crippen LogP contribution in [0.3, 0.4) is 0 Å². The maximum absolute atomic E-state index is 12.6. The van der Waals surface area contributed by atoms with E-state index in [-0.39, 0.29) is 18.1 Å². The molecule has 1 amide bonds. The number of rotatable bonds is 5. The smallest absolute Gasteiger partial charge is 0.268 e. The second kappa shape index (κ2) is 6.48. The highest BCUT2D eigenvalue weighted by Gasteiger charge is 2.33. The van der Waals surface area contributed by atoms with Crippen LogP contribution in [0.5, 0.6) is 5.75 Å². The molecule has 1 heterocycles. The van der Waals surface area contributed by atoms with Crippen molar-refractivity contribution in [2.45, 2.75) is 52.7 Å². The summed E-state index contributed by atoms with van der Waals surface area (Å²) < 4.78 is 5.84. The second-order valence-corrected chi connectivity index (χ2v) is 6.10. The van der Waals surface area contributed by atoms with Gasteiger partial charge in [0.25, 0.3) is 5.91 Å². The van der Waals surface area contributed by atoms with Gasteiger partial charge in [-0.25, -0.2) is 0 Å². The molecule has 1 aromatic carbocycles. The molecule has 0 saturated heterocycles. The first-order valence-corrected chi connectivity index (χ1v) is 7.85. The van der Waals surface area contributed by atoms with Gasteiger partial charge >= 0.3 is 0 Å². The molecule has 0 aliphatic carbocycles. The number of ether oxygens (including phenoxy) is 1. The monoisotopic (exact) mass is 290 g/mol. The van der Waals surface area contributed by atoms with Gasteiger partial charge in [0.2, 0.25) is 0 Å². The molecule has 2 atom stereocenters. The third-order valence-corrected chi connectivity index (χ3v) is 3.87. The molecule has 4 heteroatoms. The summed E-state index contributed by atoms with van der Waals surface area (Å²) in [4.78, 5) is 14.4. The average molecular weight is 290 g/mol. The van der Waals surface area contributed by atoms with Gasteiger partial charge in [0, 0.05) is 12.6 Å². The van der Waals surface area contributed by atoms with Crippen LogP contribution in [0.1, 0.15) is 52.1 Å². The predicted molar refractivity (Wildman–Crippen MR) is 85.6 cm³/mol. The Morgan fingerprint density at radius 2 is 2.05 bits per heavy atom. The normalized spacial score (nSPS) is 19.4. The molecule has 0 aromatic heterocycles. The quantitative estimate of drug-likeness (QED) is 0.905. The summed E-state index contributed by atoms with van der Waals surface area (Å²) in [5, 5.41) is 0. The van der Waals surface area contributed by atoms with E-state index in [4.69, 9.17) is 10.5 Å². The maximum Gasteiger partial charge on any atom is 0.268 e. The lowest BCUT2D eigenvalue weighted by molar-refractivity contribution is -0.126. The molecule has 2 rings (SSSR count). The van der Waals surface area contributed by atoms with E-state index in [1.54, 1.807) is 0 Å². The van der Waals surface area contributed by atoms with E-state index in [2.05, 4.69) is 20.8 Å². The number of hydrogen-bond acceptors (Lipinski definition) is 3. The Balaban J connectivity index is 2.43. The van der Waals surface area contributed by atoms with Crippen LogP contribution in [0.25, 0.3) is 0 Å². The highest BCUT2D eigenvalue weighted by molar-refractivity contribution is 6.00. The Bertz CT molecular complexity index is 514. The number of nitrogens with two attached hydrogens (primary N) is 1. The number of amides is 1. The van der Waals surface area contributed by atoms with Gasteiger partial charge < -0.3 is 15.4 Å². The second-order valence-electron chi connectivity index (χ2n) is 6.10. The third kappa shape index (κ3) is 3.21. The molecule has 0 spiro atoms. The third-order valence-electron chi connectivity index (χ3n) is 3.87. The van der Waals surface area contributed by atoms with E-state index in [0.717, 1.165) is 23.4 Å². The lowest BCUT2D eigenvalue weighted by Crippen LogP contribution is -2.47. The van der Waals surface area contributed by atoms with Gasteiger partial charge in [-0.3, -0.25) is 4.79 Å². The fraction of sp³-hybridized carbons (Fsp3) is 0.588. The minimum Gasteiger partial charge on any atom is -0.478 e. The summed E-state index contributed by atoms with van der Waals surface area (Å²) in [5.74, 6) is 1.25. The van der Waals surface area contributed by atoms with Gasteiger partial charge in [-0.05, 0) is 36.5 Å².